The number of ether oxygens (including phenoxy) is 6. The topological polar surface area (TPSA) is 115 Å². The van der Waals surface area contributed by atoms with Gasteiger partial charge in [-0.2, -0.15) is 0 Å². The molecule has 1 heterocycles. The minimum absolute atomic E-state index is 0.0750. The molecule has 1 N–H and O–H groups in total. The number of amides is 1. The van der Waals surface area contributed by atoms with Crippen molar-refractivity contribution in [2.24, 2.45) is 5.41 Å². The summed E-state index contributed by atoms with van der Waals surface area (Å²) < 4.78 is 35.2. The number of hydrogen-bond acceptors (Lipinski definition) is 9. The summed E-state index contributed by atoms with van der Waals surface area (Å²) >= 11 is 3.08. The molecule has 0 saturated carbocycles. The average Bonchev–Trinajstić information content (AvgIpc) is 3.35. The van der Waals surface area contributed by atoms with E-state index in [0.29, 0.717) is 45.2 Å². The molecule has 1 amide bonds. The number of terminal acetylenes is 3. The number of aromatic nitrogens is 3. The Hall–Kier alpha value is -2.47. The van der Waals surface area contributed by atoms with Crippen LogP contribution < -0.4 is 5.32 Å². The van der Waals surface area contributed by atoms with Crippen molar-refractivity contribution in [3.63, 3.8) is 0 Å². The molecule has 0 spiro atoms. The van der Waals surface area contributed by atoms with Gasteiger partial charge in [0.05, 0.1) is 82.9 Å². The molecule has 0 saturated heterocycles. The molecule has 37 heavy (non-hydrogen) atoms. The molecule has 11 nitrogen and oxygen atoms in total. The third kappa shape index (κ3) is 16.1. The number of carbonyl (C=O) groups is 1. The van der Waals surface area contributed by atoms with Crippen LogP contribution in [0.15, 0.2) is 6.20 Å². The van der Waals surface area contributed by atoms with Gasteiger partial charge in [0.1, 0.15) is 25.5 Å². The zero-order valence-corrected chi connectivity index (χ0v) is 22.6. The van der Waals surface area contributed by atoms with E-state index < -0.39 is 5.41 Å². The van der Waals surface area contributed by atoms with Crippen LogP contribution in [0.4, 0.5) is 0 Å². The van der Waals surface area contributed by atoms with Gasteiger partial charge in [-0.1, -0.05) is 38.9 Å². The summed E-state index contributed by atoms with van der Waals surface area (Å²) in [7, 11) is 0. The lowest BCUT2D eigenvalue weighted by Gasteiger charge is -2.32. The second-order valence-electron chi connectivity index (χ2n) is 7.76. The molecule has 0 aromatic carbocycles. The van der Waals surface area contributed by atoms with Crippen LogP contribution in [0.1, 0.15) is 5.69 Å². The Kier molecular flexibility index (Phi) is 19.0. The van der Waals surface area contributed by atoms with E-state index >= 15 is 0 Å². The second-order valence-corrected chi connectivity index (χ2v) is 8.33. The van der Waals surface area contributed by atoms with E-state index in [-0.39, 0.29) is 64.1 Å². The van der Waals surface area contributed by atoms with Gasteiger partial charge in [-0.15, -0.1) is 24.4 Å². The van der Waals surface area contributed by atoms with Crippen LogP contribution in [-0.4, -0.2) is 105 Å². The van der Waals surface area contributed by atoms with Crippen LogP contribution in [0.2, 0.25) is 0 Å². The van der Waals surface area contributed by atoms with Crippen LogP contribution in [-0.2, 0) is 46.4 Å². The van der Waals surface area contributed by atoms with Gasteiger partial charge in [-0.25, -0.2) is 4.68 Å². The number of hydrogen-bond donors (Lipinski definition) is 1. The Morgan fingerprint density at radius 3 is 2.03 bits per heavy atom. The molecule has 1 rings (SSSR count). The molecule has 0 unspecified atom stereocenters. The minimum Gasteiger partial charge on any atom is -0.377 e. The number of halogens is 1. The quantitative estimate of drug-likeness (QED) is 0.110. The molecule has 204 valence electrons. The largest absolute Gasteiger partial charge is 0.377 e. The fourth-order valence-electron chi connectivity index (χ4n) is 2.91. The van der Waals surface area contributed by atoms with Crippen molar-refractivity contribution in [3.8, 4) is 37.0 Å². The zero-order valence-electron chi connectivity index (χ0n) is 21.0. The molecule has 1 aromatic heterocycles. The SMILES string of the molecule is C#CCOCC(COCC#C)(COCC#C)COCc1cn(CCOCCOCCNC(=O)CBr)nn1. The van der Waals surface area contributed by atoms with Crippen molar-refractivity contribution >= 4 is 21.8 Å². The van der Waals surface area contributed by atoms with Crippen LogP contribution in [0.25, 0.3) is 0 Å². The summed E-state index contributed by atoms with van der Waals surface area (Å²) in [6.45, 7) is 4.35. The monoisotopic (exact) mass is 582 g/mol. The predicted octanol–water partition coefficient (Wildman–Crippen LogP) is 0.275. The summed E-state index contributed by atoms with van der Waals surface area (Å²) in [4.78, 5) is 11.1. The summed E-state index contributed by atoms with van der Waals surface area (Å²) in [6.07, 6.45) is 17.7. The summed E-state index contributed by atoms with van der Waals surface area (Å²) in [5.41, 5.74) is -0.00273. The van der Waals surface area contributed by atoms with E-state index in [4.69, 9.17) is 47.7 Å². The maximum Gasteiger partial charge on any atom is 0.230 e. The van der Waals surface area contributed by atoms with E-state index in [1.165, 1.54) is 0 Å². The highest BCUT2D eigenvalue weighted by molar-refractivity contribution is 9.09. The molecular formula is C25H35BrN4O7. The van der Waals surface area contributed by atoms with Gasteiger partial charge in [0, 0.05) is 6.54 Å². The first-order valence-corrected chi connectivity index (χ1v) is 12.7. The van der Waals surface area contributed by atoms with Crippen LogP contribution in [0, 0.1) is 42.4 Å². The van der Waals surface area contributed by atoms with Crippen molar-refractivity contribution < 1.29 is 33.2 Å². The number of rotatable bonds is 23. The van der Waals surface area contributed by atoms with Gasteiger partial charge in [-0.3, -0.25) is 4.79 Å². The second kappa shape index (κ2) is 21.6. The molecular weight excluding hydrogens is 548 g/mol. The van der Waals surface area contributed by atoms with Crippen LogP contribution in [0.5, 0.6) is 0 Å². The molecule has 0 bridgehead atoms. The lowest BCUT2D eigenvalue weighted by molar-refractivity contribution is -0.118. The van der Waals surface area contributed by atoms with E-state index in [0.717, 1.165) is 0 Å². The van der Waals surface area contributed by atoms with E-state index in [2.05, 4.69) is 49.3 Å². The van der Waals surface area contributed by atoms with Crippen molar-refractivity contribution in [3.05, 3.63) is 11.9 Å². The fourth-order valence-corrected chi connectivity index (χ4v) is 3.10. The predicted molar refractivity (Wildman–Crippen MR) is 140 cm³/mol. The average molecular weight is 583 g/mol. The van der Waals surface area contributed by atoms with E-state index in [1.807, 2.05) is 0 Å². The standard InChI is InChI=1S/C25H35BrN4O7/c1-4-9-34-19-25(20-35-10-5-2,21-36-11-6-3)22-37-18-23-17-30(29-28-23)8-13-33-15-14-32-12-7-27-24(31)16-26/h1-3,17H,7-16,18-22H2,(H,27,31). The van der Waals surface area contributed by atoms with Gasteiger partial charge in [0.15, 0.2) is 0 Å². The van der Waals surface area contributed by atoms with Gasteiger partial charge in [-0.05, 0) is 0 Å². The summed E-state index contributed by atoms with van der Waals surface area (Å²) in [5.74, 6) is 7.24. The smallest absolute Gasteiger partial charge is 0.230 e. The summed E-state index contributed by atoms with van der Waals surface area (Å²) in [6, 6.07) is 0. The van der Waals surface area contributed by atoms with Crippen molar-refractivity contribution in [2.75, 3.05) is 84.6 Å². The van der Waals surface area contributed by atoms with Gasteiger partial charge in [0.2, 0.25) is 5.91 Å². The molecule has 0 radical (unpaired) electrons. The lowest BCUT2D eigenvalue weighted by Crippen LogP contribution is -2.42. The molecule has 0 aliphatic rings. The molecule has 0 aliphatic carbocycles. The first-order chi connectivity index (χ1) is 18.1. The third-order valence-corrected chi connectivity index (χ3v) is 5.06. The highest BCUT2D eigenvalue weighted by Gasteiger charge is 2.32. The first-order valence-electron chi connectivity index (χ1n) is 11.6. The Balaban J connectivity index is 2.40. The fraction of sp³-hybridized carbons (Fsp3) is 0.640. The molecule has 0 aliphatic heterocycles. The summed E-state index contributed by atoms with van der Waals surface area (Å²) in [5, 5.41) is 11.2. The maximum absolute atomic E-state index is 11.1. The number of nitrogens with zero attached hydrogens (tertiary/aromatic N) is 3. The Bertz CT molecular complexity index is 825. The van der Waals surface area contributed by atoms with Crippen molar-refractivity contribution in [1.29, 1.82) is 0 Å². The number of alkyl halides is 1. The number of nitrogens with one attached hydrogen (secondary N) is 1. The van der Waals surface area contributed by atoms with E-state index in [9.17, 15) is 4.79 Å². The first kappa shape index (κ1) is 32.6. The maximum atomic E-state index is 11.1. The van der Waals surface area contributed by atoms with Gasteiger partial charge in [0.25, 0.3) is 0 Å². The highest BCUT2D eigenvalue weighted by Crippen LogP contribution is 2.21. The highest BCUT2D eigenvalue weighted by atomic mass is 79.9. The number of carbonyl (C=O) groups excluding carboxylic acids is 1. The third-order valence-electron chi connectivity index (χ3n) is 4.55. The Morgan fingerprint density at radius 1 is 0.892 bits per heavy atom. The molecule has 12 heteroatoms. The van der Waals surface area contributed by atoms with Crippen LogP contribution >= 0.6 is 15.9 Å². The molecule has 0 fully saturated rings. The van der Waals surface area contributed by atoms with Crippen molar-refractivity contribution in [2.45, 2.75) is 13.2 Å². The Morgan fingerprint density at radius 2 is 1.46 bits per heavy atom. The van der Waals surface area contributed by atoms with Gasteiger partial charge >= 0.3 is 0 Å². The molecule has 1 aromatic rings. The van der Waals surface area contributed by atoms with Crippen molar-refractivity contribution in [1.82, 2.24) is 20.3 Å². The molecule has 0 atom stereocenters. The van der Waals surface area contributed by atoms with E-state index in [1.54, 1.807) is 10.9 Å². The lowest BCUT2D eigenvalue weighted by atomic mass is 9.92. The Labute approximate surface area is 227 Å². The van der Waals surface area contributed by atoms with Gasteiger partial charge < -0.3 is 33.7 Å². The zero-order chi connectivity index (χ0) is 27.0. The minimum atomic E-state index is -0.657. The normalized spacial score (nSPS) is 11.0. The van der Waals surface area contributed by atoms with Crippen LogP contribution in [0.3, 0.4) is 0 Å².